The van der Waals surface area contributed by atoms with Gasteiger partial charge in [-0.25, -0.2) is 0 Å². The molecule has 9 nitrogen and oxygen atoms in total. The molecule has 0 aromatic carbocycles. The Labute approximate surface area is 219 Å². The second-order valence-corrected chi connectivity index (χ2v) is 9.54. The lowest BCUT2D eigenvalue weighted by Crippen LogP contribution is -2.25. The van der Waals surface area contributed by atoms with E-state index in [2.05, 4.69) is 46.1 Å². The number of rotatable bonds is 7. The topological polar surface area (TPSA) is 108 Å². The van der Waals surface area contributed by atoms with Crippen molar-refractivity contribution in [2.75, 3.05) is 26.2 Å². The fourth-order valence-corrected chi connectivity index (χ4v) is 5.12. The molecule has 0 spiro atoms. The van der Waals surface area contributed by atoms with E-state index in [1.807, 2.05) is 55.1 Å². The molecular formula is C29H26N8O. The van der Waals surface area contributed by atoms with Crippen LogP contribution in [-0.4, -0.2) is 66.3 Å². The number of ether oxygens (including phenoxy) is 1. The van der Waals surface area contributed by atoms with Gasteiger partial charge in [-0.05, 0) is 56.3 Å². The van der Waals surface area contributed by atoms with Crippen LogP contribution >= 0.6 is 0 Å². The minimum absolute atomic E-state index is 0.652. The van der Waals surface area contributed by atoms with Gasteiger partial charge in [0, 0.05) is 47.0 Å². The predicted molar refractivity (Wildman–Crippen MR) is 147 cm³/mol. The second kappa shape index (κ2) is 9.68. The number of likely N-dealkylation sites (tertiary alicyclic amines) is 1. The lowest BCUT2D eigenvalue weighted by Gasteiger charge is -2.15. The number of hydrogen-bond acceptors (Lipinski definition) is 7. The largest absolute Gasteiger partial charge is 0.491 e. The molecule has 7 heterocycles. The Morgan fingerprint density at radius 1 is 0.842 bits per heavy atom. The molecule has 1 fully saturated rings. The summed E-state index contributed by atoms with van der Waals surface area (Å²) in [5.74, 6) is 0.751. The van der Waals surface area contributed by atoms with E-state index in [-0.39, 0.29) is 0 Å². The zero-order chi connectivity index (χ0) is 25.3. The minimum atomic E-state index is 0.652. The molecule has 0 saturated carbocycles. The van der Waals surface area contributed by atoms with Gasteiger partial charge in [-0.3, -0.25) is 29.9 Å². The van der Waals surface area contributed by atoms with Crippen LogP contribution in [0, 0.1) is 0 Å². The fraction of sp³-hybridized carbons (Fsp3) is 0.207. The molecule has 0 unspecified atom stereocenters. The molecule has 6 aromatic heterocycles. The van der Waals surface area contributed by atoms with Crippen molar-refractivity contribution in [1.29, 1.82) is 0 Å². The van der Waals surface area contributed by atoms with Crippen molar-refractivity contribution in [2.24, 2.45) is 0 Å². The summed E-state index contributed by atoms with van der Waals surface area (Å²) in [6.45, 7) is 3.92. The van der Waals surface area contributed by atoms with Crippen LogP contribution in [0.15, 0.2) is 73.6 Å². The molecule has 38 heavy (non-hydrogen) atoms. The number of aromatic amines is 2. The highest BCUT2D eigenvalue weighted by molar-refractivity contribution is 6.00. The Hall–Kier alpha value is -4.63. The molecule has 1 aliphatic rings. The third kappa shape index (κ3) is 4.26. The lowest BCUT2D eigenvalue weighted by molar-refractivity contribution is 0.237. The van der Waals surface area contributed by atoms with Gasteiger partial charge >= 0.3 is 0 Å². The van der Waals surface area contributed by atoms with Gasteiger partial charge in [0.15, 0.2) is 0 Å². The quantitative estimate of drug-likeness (QED) is 0.313. The molecule has 6 aromatic rings. The summed E-state index contributed by atoms with van der Waals surface area (Å²) in [5, 5.41) is 9.74. The van der Waals surface area contributed by atoms with Crippen molar-refractivity contribution in [3.63, 3.8) is 0 Å². The molecule has 7 rings (SSSR count). The average molecular weight is 503 g/mol. The first-order chi connectivity index (χ1) is 18.8. The maximum atomic E-state index is 6.01. The van der Waals surface area contributed by atoms with Crippen molar-refractivity contribution >= 4 is 21.8 Å². The maximum absolute atomic E-state index is 6.01. The third-order valence-electron chi connectivity index (χ3n) is 7.07. The van der Waals surface area contributed by atoms with E-state index in [0.29, 0.717) is 6.61 Å². The minimum Gasteiger partial charge on any atom is -0.491 e. The highest BCUT2D eigenvalue weighted by Gasteiger charge is 2.16. The Morgan fingerprint density at radius 2 is 1.76 bits per heavy atom. The number of fused-ring (bicyclic) bond motifs is 2. The van der Waals surface area contributed by atoms with Crippen molar-refractivity contribution in [3.8, 4) is 39.7 Å². The summed E-state index contributed by atoms with van der Waals surface area (Å²) < 4.78 is 6.01. The number of nitrogens with one attached hydrogen (secondary N) is 2. The van der Waals surface area contributed by atoms with Gasteiger partial charge in [-0.15, -0.1) is 0 Å². The van der Waals surface area contributed by atoms with Crippen LogP contribution in [0.1, 0.15) is 12.8 Å². The number of nitrogens with zero attached hydrogens (tertiary/aromatic N) is 6. The van der Waals surface area contributed by atoms with Crippen LogP contribution in [0.2, 0.25) is 0 Å². The van der Waals surface area contributed by atoms with E-state index in [1.54, 1.807) is 12.4 Å². The predicted octanol–water partition coefficient (Wildman–Crippen LogP) is 5.10. The van der Waals surface area contributed by atoms with Gasteiger partial charge in [0.05, 0.1) is 46.7 Å². The Morgan fingerprint density at radius 3 is 2.66 bits per heavy atom. The van der Waals surface area contributed by atoms with Gasteiger partial charge in [0.25, 0.3) is 0 Å². The van der Waals surface area contributed by atoms with Crippen LogP contribution in [-0.2, 0) is 0 Å². The molecule has 1 saturated heterocycles. The molecule has 2 N–H and O–H groups in total. The molecule has 188 valence electrons. The van der Waals surface area contributed by atoms with Crippen LogP contribution in [0.3, 0.4) is 0 Å². The Bertz CT molecular complexity index is 1720. The van der Waals surface area contributed by atoms with Crippen LogP contribution in [0.4, 0.5) is 0 Å². The summed E-state index contributed by atoms with van der Waals surface area (Å²) in [7, 11) is 0. The SMILES string of the molecule is c1ccc(-c2cncc3[nH]c(-c4n[nH]c5cnc(-c6cncc(OCCN7CCCC7)c6)cc45)cc23)nc1. The van der Waals surface area contributed by atoms with E-state index < -0.39 is 0 Å². The normalized spacial score (nSPS) is 14.0. The smallest absolute Gasteiger partial charge is 0.138 e. The van der Waals surface area contributed by atoms with Crippen molar-refractivity contribution < 1.29 is 4.74 Å². The van der Waals surface area contributed by atoms with Crippen LogP contribution in [0.25, 0.3) is 55.7 Å². The van der Waals surface area contributed by atoms with E-state index in [1.165, 1.54) is 12.8 Å². The van der Waals surface area contributed by atoms with Crippen LogP contribution in [0.5, 0.6) is 5.75 Å². The van der Waals surface area contributed by atoms with Gasteiger partial charge in [0.1, 0.15) is 18.1 Å². The molecular weight excluding hydrogens is 476 g/mol. The molecule has 0 amide bonds. The molecule has 0 radical (unpaired) electrons. The van der Waals surface area contributed by atoms with Crippen molar-refractivity contribution in [2.45, 2.75) is 12.8 Å². The number of aromatic nitrogens is 7. The zero-order valence-corrected chi connectivity index (χ0v) is 20.8. The fourth-order valence-electron chi connectivity index (χ4n) is 5.12. The van der Waals surface area contributed by atoms with Crippen LogP contribution < -0.4 is 4.74 Å². The summed E-state index contributed by atoms with van der Waals surface area (Å²) in [6, 6.07) is 12.0. The van der Waals surface area contributed by atoms with E-state index in [9.17, 15) is 0 Å². The average Bonchev–Trinajstić information content (AvgIpc) is 3.73. The number of H-pyrrole nitrogens is 2. The monoisotopic (exact) mass is 502 g/mol. The molecule has 0 atom stereocenters. The maximum Gasteiger partial charge on any atom is 0.138 e. The zero-order valence-electron chi connectivity index (χ0n) is 20.8. The Kier molecular flexibility index (Phi) is 5.75. The van der Waals surface area contributed by atoms with E-state index >= 15 is 0 Å². The highest BCUT2D eigenvalue weighted by atomic mass is 16.5. The summed E-state index contributed by atoms with van der Waals surface area (Å²) in [6.07, 6.45) is 13.4. The van der Waals surface area contributed by atoms with Gasteiger partial charge in [-0.1, -0.05) is 6.07 Å². The van der Waals surface area contributed by atoms with Gasteiger partial charge < -0.3 is 9.72 Å². The lowest BCUT2D eigenvalue weighted by atomic mass is 10.1. The standard InChI is InChI=1S/C29H26N8O/c1-2-6-32-24(5-1)23-16-31-17-27-21(23)12-26(34-27)29-22-13-25(33-18-28(22)35-36-29)19-11-20(15-30-14-19)38-10-9-37-7-3-4-8-37/h1-2,5-6,11-18,34H,3-4,7-10H2,(H,35,36). The number of hydrogen-bond donors (Lipinski definition) is 2. The van der Waals surface area contributed by atoms with Crippen molar-refractivity contribution in [3.05, 3.63) is 73.6 Å². The molecule has 1 aliphatic heterocycles. The Balaban J connectivity index is 1.20. The first-order valence-electron chi connectivity index (χ1n) is 12.8. The third-order valence-corrected chi connectivity index (χ3v) is 7.07. The summed E-state index contributed by atoms with van der Waals surface area (Å²) >= 11 is 0. The summed E-state index contributed by atoms with van der Waals surface area (Å²) in [5.41, 5.74) is 7.06. The number of pyridine rings is 4. The van der Waals surface area contributed by atoms with E-state index in [4.69, 9.17) is 4.74 Å². The first-order valence-corrected chi connectivity index (χ1v) is 12.8. The second-order valence-electron chi connectivity index (χ2n) is 9.54. The van der Waals surface area contributed by atoms with Gasteiger partial charge in [0.2, 0.25) is 0 Å². The molecule has 0 aliphatic carbocycles. The van der Waals surface area contributed by atoms with Gasteiger partial charge in [-0.2, -0.15) is 5.10 Å². The molecule has 0 bridgehead atoms. The van der Waals surface area contributed by atoms with E-state index in [0.717, 1.165) is 81.1 Å². The first kappa shape index (κ1) is 22.6. The molecule has 9 heteroatoms. The highest BCUT2D eigenvalue weighted by Crippen LogP contribution is 2.34. The summed E-state index contributed by atoms with van der Waals surface area (Å²) in [4.78, 5) is 23.9. The van der Waals surface area contributed by atoms with Crippen molar-refractivity contribution in [1.82, 2.24) is 40.0 Å².